The molecule has 1 radical (unpaired) electrons. The average molecular weight is 384 g/mol. The fraction of sp³-hybridized carbons (Fsp3) is 0.350. The van der Waals surface area contributed by atoms with Gasteiger partial charge in [-0.05, 0) is 49.4 Å². The van der Waals surface area contributed by atoms with E-state index in [1.54, 1.807) is 12.1 Å². The quantitative estimate of drug-likeness (QED) is 0.647. The number of benzene rings is 1. The monoisotopic (exact) mass is 384 g/mol. The largest absolute Gasteiger partial charge is 0.364 e. The highest BCUT2D eigenvalue weighted by atomic mass is 19.1. The molecule has 1 aliphatic carbocycles. The van der Waals surface area contributed by atoms with E-state index in [-0.39, 0.29) is 23.9 Å². The van der Waals surface area contributed by atoms with Crippen LogP contribution in [0.15, 0.2) is 18.2 Å². The first-order valence-electron chi connectivity index (χ1n) is 9.24. The number of carbonyl (C=O) groups excluding carboxylic acids is 2. The predicted molar refractivity (Wildman–Crippen MR) is 104 cm³/mol. The number of rotatable bonds is 8. The second-order valence-electron chi connectivity index (χ2n) is 6.78. The van der Waals surface area contributed by atoms with Crippen molar-refractivity contribution in [1.82, 2.24) is 15.3 Å². The standard InChI is InChI=1S/C20H23FN5O2/c1-3-16-17(12-4-5-12)26-20(18(25-16)19(22)28)24-14-6-7-15(21)13(10-14)8-9-23-11(2)27/h6-7,10,12H,2-5,8-9H2,1H3,(H2,22,28)(H,23,27)(H,24,26). The van der Waals surface area contributed by atoms with E-state index in [2.05, 4.69) is 27.5 Å². The van der Waals surface area contributed by atoms with Crippen molar-refractivity contribution in [2.75, 3.05) is 11.9 Å². The summed E-state index contributed by atoms with van der Waals surface area (Å²) in [5.74, 6) is -0.840. The van der Waals surface area contributed by atoms with Crippen molar-refractivity contribution in [3.63, 3.8) is 0 Å². The van der Waals surface area contributed by atoms with Gasteiger partial charge in [-0.15, -0.1) is 0 Å². The lowest BCUT2D eigenvalue weighted by Gasteiger charge is -2.14. The molecule has 0 bridgehead atoms. The number of anilines is 2. The van der Waals surface area contributed by atoms with Crippen molar-refractivity contribution in [2.45, 2.75) is 38.5 Å². The van der Waals surface area contributed by atoms with Gasteiger partial charge in [0.15, 0.2) is 11.5 Å². The third-order valence-corrected chi connectivity index (χ3v) is 4.56. The fourth-order valence-electron chi connectivity index (χ4n) is 3.00. The zero-order valence-corrected chi connectivity index (χ0v) is 15.7. The molecule has 1 aliphatic rings. The molecule has 0 unspecified atom stereocenters. The van der Waals surface area contributed by atoms with Gasteiger partial charge in [-0.3, -0.25) is 9.59 Å². The molecule has 28 heavy (non-hydrogen) atoms. The van der Waals surface area contributed by atoms with Gasteiger partial charge in [0.2, 0.25) is 5.91 Å². The molecule has 0 spiro atoms. The number of aromatic nitrogens is 2. The average Bonchev–Trinajstić information content (AvgIpc) is 3.48. The van der Waals surface area contributed by atoms with E-state index in [9.17, 15) is 14.0 Å². The van der Waals surface area contributed by atoms with Crippen molar-refractivity contribution >= 4 is 23.3 Å². The molecule has 147 valence electrons. The van der Waals surface area contributed by atoms with Crippen LogP contribution in [0.4, 0.5) is 15.9 Å². The van der Waals surface area contributed by atoms with Gasteiger partial charge in [0, 0.05) is 25.1 Å². The molecule has 1 fully saturated rings. The molecule has 1 aromatic carbocycles. The number of hydrogen-bond donors (Lipinski definition) is 3. The minimum absolute atomic E-state index is 0.0662. The van der Waals surface area contributed by atoms with Crippen LogP contribution in [0.25, 0.3) is 0 Å². The summed E-state index contributed by atoms with van der Waals surface area (Å²) in [6.07, 6.45) is 3.07. The van der Waals surface area contributed by atoms with E-state index in [1.165, 1.54) is 6.07 Å². The molecular weight excluding hydrogens is 361 g/mol. The summed E-state index contributed by atoms with van der Waals surface area (Å²) in [5.41, 5.74) is 8.20. The van der Waals surface area contributed by atoms with E-state index in [0.717, 1.165) is 24.2 Å². The molecule has 2 aromatic rings. The lowest BCUT2D eigenvalue weighted by molar-refractivity contribution is -0.116. The fourth-order valence-corrected chi connectivity index (χ4v) is 3.00. The Morgan fingerprint density at radius 2 is 2.07 bits per heavy atom. The van der Waals surface area contributed by atoms with Gasteiger partial charge in [-0.2, -0.15) is 0 Å². The van der Waals surface area contributed by atoms with Gasteiger partial charge in [0.05, 0.1) is 11.4 Å². The zero-order chi connectivity index (χ0) is 20.3. The van der Waals surface area contributed by atoms with Crippen LogP contribution < -0.4 is 16.4 Å². The molecule has 1 saturated carbocycles. The molecule has 0 saturated heterocycles. The number of amides is 2. The summed E-state index contributed by atoms with van der Waals surface area (Å²) in [5, 5.41) is 5.59. The highest BCUT2D eigenvalue weighted by Crippen LogP contribution is 2.41. The maximum absolute atomic E-state index is 14.1. The first-order valence-corrected chi connectivity index (χ1v) is 9.24. The van der Waals surface area contributed by atoms with Crippen molar-refractivity contribution in [3.8, 4) is 0 Å². The van der Waals surface area contributed by atoms with Crippen LogP contribution in [0.5, 0.6) is 0 Å². The molecular formula is C20H23FN5O2. The number of carbonyl (C=O) groups is 2. The SMILES string of the molecule is [CH2]C(=O)NCCc1cc(Nc2nc(C3CC3)c(CC)nc2C(N)=O)ccc1F. The maximum atomic E-state index is 14.1. The molecule has 0 atom stereocenters. The summed E-state index contributed by atoms with van der Waals surface area (Å²) < 4.78 is 14.1. The Kier molecular flexibility index (Phi) is 5.87. The normalized spacial score (nSPS) is 13.2. The van der Waals surface area contributed by atoms with E-state index in [1.807, 2.05) is 6.92 Å². The Labute approximate surface area is 162 Å². The number of nitrogens with zero attached hydrogens (tertiary/aromatic N) is 2. The number of nitrogens with one attached hydrogen (secondary N) is 2. The maximum Gasteiger partial charge on any atom is 0.271 e. The third kappa shape index (κ3) is 4.62. The van der Waals surface area contributed by atoms with E-state index in [4.69, 9.17) is 5.73 Å². The van der Waals surface area contributed by atoms with Crippen LogP contribution in [0.1, 0.15) is 53.1 Å². The van der Waals surface area contributed by atoms with E-state index >= 15 is 0 Å². The second-order valence-corrected chi connectivity index (χ2v) is 6.78. The lowest BCUT2D eigenvalue weighted by atomic mass is 10.1. The Morgan fingerprint density at radius 3 is 2.68 bits per heavy atom. The summed E-state index contributed by atoms with van der Waals surface area (Å²) in [7, 11) is 0. The van der Waals surface area contributed by atoms with Gasteiger partial charge in [-0.25, -0.2) is 14.4 Å². The Bertz CT molecular complexity index is 912. The highest BCUT2D eigenvalue weighted by molar-refractivity contribution is 5.96. The van der Waals surface area contributed by atoms with Gasteiger partial charge < -0.3 is 16.4 Å². The van der Waals surface area contributed by atoms with Crippen molar-refractivity contribution in [3.05, 3.63) is 53.6 Å². The molecule has 1 heterocycles. The van der Waals surface area contributed by atoms with Gasteiger partial charge >= 0.3 is 0 Å². The zero-order valence-electron chi connectivity index (χ0n) is 15.7. The van der Waals surface area contributed by atoms with Crippen LogP contribution in [0, 0.1) is 12.7 Å². The molecule has 0 aliphatic heterocycles. The molecule has 4 N–H and O–H groups in total. The van der Waals surface area contributed by atoms with Gasteiger partial charge in [0.1, 0.15) is 5.82 Å². The smallest absolute Gasteiger partial charge is 0.271 e. The highest BCUT2D eigenvalue weighted by Gasteiger charge is 2.30. The van der Waals surface area contributed by atoms with Gasteiger partial charge in [-0.1, -0.05) is 6.92 Å². The number of aryl methyl sites for hydroxylation is 1. The summed E-state index contributed by atoms with van der Waals surface area (Å²) in [6.45, 7) is 5.45. The second kappa shape index (κ2) is 8.33. The topological polar surface area (TPSA) is 110 Å². The Morgan fingerprint density at radius 1 is 1.32 bits per heavy atom. The number of nitrogens with two attached hydrogens (primary N) is 1. The van der Waals surface area contributed by atoms with Crippen LogP contribution in [-0.2, 0) is 17.6 Å². The Hall–Kier alpha value is -3.03. The van der Waals surface area contributed by atoms with E-state index < -0.39 is 11.8 Å². The van der Waals surface area contributed by atoms with Crippen molar-refractivity contribution in [2.24, 2.45) is 5.73 Å². The third-order valence-electron chi connectivity index (χ3n) is 4.56. The van der Waals surface area contributed by atoms with Gasteiger partial charge in [0.25, 0.3) is 5.91 Å². The number of hydrogen-bond acceptors (Lipinski definition) is 5. The molecule has 7 nitrogen and oxygen atoms in total. The van der Waals surface area contributed by atoms with Crippen LogP contribution >= 0.6 is 0 Å². The predicted octanol–water partition coefficient (Wildman–Crippen LogP) is 2.39. The minimum Gasteiger partial charge on any atom is -0.364 e. The summed E-state index contributed by atoms with van der Waals surface area (Å²) in [6, 6.07) is 4.49. The number of primary amides is 1. The molecule has 3 rings (SSSR count). The molecule has 1 aromatic heterocycles. The minimum atomic E-state index is -0.674. The summed E-state index contributed by atoms with van der Waals surface area (Å²) >= 11 is 0. The van der Waals surface area contributed by atoms with Crippen LogP contribution in [0.2, 0.25) is 0 Å². The van der Waals surface area contributed by atoms with Crippen molar-refractivity contribution < 1.29 is 14.0 Å². The molecule has 2 amide bonds. The Balaban J connectivity index is 1.89. The van der Waals surface area contributed by atoms with Crippen LogP contribution in [0.3, 0.4) is 0 Å². The first-order chi connectivity index (χ1) is 13.4. The first kappa shape index (κ1) is 19.7. The van der Waals surface area contributed by atoms with Crippen LogP contribution in [-0.4, -0.2) is 28.3 Å². The number of halogens is 1. The van der Waals surface area contributed by atoms with E-state index in [0.29, 0.717) is 30.0 Å². The summed E-state index contributed by atoms with van der Waals surface area (Å²) in [4.78, 5) is 31.8. The molecule has 8 heteroatoms. The lowest BCUT2D eigenvalue weighted by Crippen LogP contribution is -2.23. The van der Waals surface area contributed by atoms with Crippen molar-refractivity contribution in [1.29, 1.82) is 0 Å².